The second-order valence-corrected chi connectivity index (χ2v) is 7.15. The first-order valence-corrected chi connectivity index (χ1v) is 9.01. The molecule has 0 unspecified atom stereocenters. The number of carboxylic acids is 1. The number of fused-ring (bicyclic) bond motifs is 1. The second kappa shape index (κ2) is 7.11. The van der Waals surface area contributed by atoms with Gasteiger partial charge in [-0.25, -0.2) is 13.1 Å². The molecule has 0 saturated heterocycles. The van der Waals surface area contributed by atoms with Crippen molar-refractivity contribution in [1.29, 1.82) is 0 Å². The van der Waals surface area contributed by atoms with E-state index in [0.29, 0.717) is 13.0 Å². The van der Waals surface area contributed by atoms with Crippen LogP contribution in [0.5, 0.6) is 0 Å². The highest BCUT2D eigenvalue weighted by Gasteiger charge is 2.22. The largest absolute Gasteiger partial charge is 0.481 e. The van der Waals surface area contributed by atoms with Crippen molar-refractivity contribution in [2.24, 2.45) is 0 Å². The molecule has 22 heavy (non-hydrogen) atoms. The maximum Gasteiger partial charge on any atom is 0.303 e. The summed E-state index contributed by atoms with van der Waals surface area (Å²) in [7, 11) is -3.45. The number of unbranched alkanes of at least 4 members (excludes halogenated alkanes) is 1. The van der Waals surface area contributed by atoms with Crippen LogP contribution < -0.4 is 9.62 Å². The molecule has 0 radical (unpaired) electrons. The number of nitrogens with zero attached hydrogens (tertiary/aromatic N) is 1. The smallest absolute Gasteiger partial charge is 0.303 e. The Morgan fingerprint density at radius 1 is 1.36 bits per heavy atom. The van der Waals surface area contributed by atoms with Gasteiger partial charge in [-0.3, -0.25) is 4.79 Å². The molecule has 0 saturated carbocycles. The summed E-state index contributed by atoms with van der Waals surface area (Å²) in [4.78, 5) is 12.9. The van der Waals surface area contributed by atoms with Gasteiger partial charge in [-0.05, 0) is 37.0 Å². The minimum Gasteiger partial charge on any atom is -0.481 e. The van der Waals surface area contributed by atoms with Gasteiger partial charge in [0.15, 0.2) is 0 Å². The van der Waals surface area contributed by atoms with Crippen molar-refractivity contribution in [3.63, 3.8) is 0 Å². The van der Waals surface area contributed by atoms with E-state index in [1.165, 1.54) is 0 Å². The van der Waals surface area contributed by atoms with Gasteiger partial charge in [0.2, 0.25) is 10.0 Å². The number of sulfonamides is 1. The number of rotatable bonds is 8. The van der Waals surface area contributed by atoms with Crippen LogP contribution in [0.1, 0.15) is 31.7 Å². The van der Waals surface area contributed by atoms with E-state index in [-0.39, 0.29) is 11.3 Å². The highest BCUT2D eigenvalue weighted by Crippen LogP contribution is 2.30. The zero-order chi connectivity index (χ0) is 16.2. The first kappa shape index (κ1) is 16.8. The van der Waals surface area contributed by atoms with E-state index in [0.717, 1.165) is 37.2 Å². The number of nitrogens with one attached hydrogen (secondary N) is 1. The van der Waals surface area contributed by atoms with Crippen molar-refractivity contribution >= 4 is 21.7 Å². The predicted octanol–water partition coefficient (Wildman–Crippen LogP) is 1.60. The molecule has 0 amide bonds. The quantitative estimate of drug-likeness (QED) is 0.709. The minimum absolute atomic E-state index is 0.176. The van der Waals surface area contributed by atoms with E-state index in [4.69, 9.17) is 5.11 Å². The molecule has 0 aliphatic carbocycles. The molecule has 1 aliphatic heterocycles. The molecule has 1 aliphatic rings. The summed E-state index contributed by atoms with van der Waals surface area (Å²) in [6.45, 7) is 3.72. The van der Waals surface area contributed by atoms with Crippen molar-refractivity contribution in [3.8, 4) is 0 Å². The molecule has 2 rings (SSSR count). The Bertz CT molecular complexity index is 643. The Hall–Kier alpha value is -1.60. The second-order valence-electron chi connectivity index (χ2n) is 5.38. The number of hydrogen-bond donors (Lipinski definition) is 2. The molecule has 1 aromatic carbocycles. The predicted molar refractivity (Wildman–Crippen MR) is 84.7 cm³/mol. The van der Waals surface area contributed by atoms with Gasteiger partial charge in [-0.2, -0.15) is 0 Å². The normalized spacial score (nSPS) is 14.1. The van der Waals surface area contributed by atoms with Gasteiger partial charge in [0, 0.05) is 31.7 Å². The highest BCUT2D eigenvalue weighted by molar-refractivity contribution is 7.89. The fourth-order valence-corrected chi connectivity index (χ4v) is 3.74. The third-order valence-corrected chi connectivity index (χ3v) is 5.31. The van der Waals surface area contributed by atoms with Gasteiger partial charge in [0.1, 0.15) is 0 Å². The molecule has 1 aromatic rings. The van der Waals surface area contributed by atoms with E-state index < -0.39 is 16.0 Å². The zero-order valence-electron chi connectivity index (χ0n) is 12.7. The van der Waals surface area contributed by atoms with Crippen LogP contribution in [0, 0.1) is 0 Å². The molecule has 0 fully saturated rings. The van der Waals surface area contributed by atoms with Gasteiger partial charge >= 0.3 is 5.97 Å². The lowest BCUT2D eigenvalue weighted by Gasteiger charge is -2.19. The molecule has 7 heteroatoms. The SMILES string of the molecule is CCNS(=O)(=O)c1ccc2c(c1)N(CCCCC(=O)O)CC2. The van der Waals surface area contributed by atoms with E-state index in [2.05, 4.69) is 9.62 Å². The van der Waals surface area contributed by atoms with Gasteiger partial charge in [0.25, 0.3) is 0 Å². The van der Waals surface area contributed by atoms with E-state index in [1.807, 2.05) is 6.07 Å². The van der Waals surface area contributed by atoms with Crippen LogP contribution in [-0.2, 0) is 21.2 Å². The van der Waals surface area contributed by atoms with Crippen molar-refractivity contribution in [2.45, 2.75) is 37.5 Å². The molecular formula is C15H22N2O4S. The van der Waals surface area contributed by atoms with Gasteiger partial charge in [-0.15, -0.1) is 0 Å². The molecule has 1 heterocycles. The lowest BCUT2D eigenvalue weighted by atomic mass is 10.2. The number of aliphatic carboxylic acids is 1. The fraction of sp³-hybridized carbons (Fsp3) is 0.533. The third kappa shape index (κ3) is 3.98. The molecule has 0 spiro atoms. The number of anilines is 1. The topological polar surface area (TPSA) is 86.7 Å². The van der Waals surface area contributed by atoms with Crippen LogP contribution in [0.25, 0.3) is 0 Å². The molecule has 0 atom stereocenters. The number of carbonyl (C=O) groups is 1. The maximum absolute atomic E-state index is 12.1. The summed E-state index contributed by atoms with van der Waals surface area (Å²) in [5, 5.41) is 8.65. The van der Waals surface area contributed by atoms with Crippen molar-refractivity contribution in [1.82, 2.24) is 4.72 Å². The molecule has 6 nitrogen and oxygen atoms in total. The Labute approximate surface area is 131 Å². The summed E-state index contributed by atoms with van der Waals surface area (Å²) < 4.78 is 26.7. The average molecular weight is 326 g/mol. The summed E-state index contributed by atoms with van der Waals surface area (Å²) >= 11 is 0. The van der Waals surface area contributed by atoms with Crippen molar-refractivity contribution in [2.75, 3.05) is 24.5 Å². The summed E-state index contributed by atoms with van der Waals surface area (Å²) in [6, 6.07) is 5.24. The summed E-state index contributed by atoms with van der Waals surface area (Å²) in [5.74, 6) is -0.777. The standard InChI is InChI=1S/C15H22N2O4S/c1-2-16-22(20,21)13-7-6-12-8-10-17(14(12)11-13)9-4-3-5-15(18)19/h6-7,11,16H,2-5,8-10H2,1H3,(H,18,19). The number of hydrogen-bond acceptors (Lipinski definition) is 4. The molecule has 0 bridgehead atoms. The van der Waals surface area contributed by atoms with Gasteiger partial charge < -0.3 is 10.0 Å². The Morgan fingerprint density at radius 2 is 2.14 bits per heavy atom. The zero-order valence-corrected chi connectivity index (χ0v) is 13.5. The first-order valence-electron chi connectivity index (χ1n) is 7.53. The monoisotopic (exact) mass is 326 g/mol. The van der Waals surface area contributed by atoms with Crippen LogP contribution in [0.2, 0.25) is 0 Å². The van der Waals surface area contributed by atoms with Gasteiger partial charge in [-0.1, -0.05) is 13.0 Å². The van der Waals surface area contributed by atoms with Crippen molar-refractivity contribution in [3.05, 3.63) is 23.8 Å². The Morgan fingerprint density at radius 3 is 2.82 bits per heavy atom. The lowest BCUT2D eigenvalue weighted by Crippen LogP contribution is -2.24. The van der Waals surface area contributed by atoms with Crippen LogP contribution >= 0.6 is 0 Å². The molecule has 122 valence electrons. The Kier molecular flexibility index (Phi) is 5.42. The van der Waals surface area contributed by atoms with E-state index >= 15 is 0 Å². The molecular weight excluding hydrogens is 304 g/mol. The average Bonchev–Trinajstić information content (AvgIpc) is 2.86. The van der Waals surface area contributed by atoms with E-state index in [1.54, 1.807) is 19.1 Å². The number of carboxylic acid groups (broad SMARTS) is 1. The van der Waals surface area contributed by atoms with Crippen LogP contribution in [0.4, 0.5) is 5.69 Å². The van der Waals surface area contributed by atoms with Crippen LogP contribution in [0.15, 0.2) is 23.1 Å². The third-order valence-electron chi connectivity index (χ3n) is 3.76. The van der Waals surface area contributed by atoms with Crippen LogP contribution in [-0.4, -0.2) is 39.1 Å². The highest BCUT2D eigenvalue weighted by atomic mass is 32.2. The summed E-state index contributed by atoms with van der Waals surface area (Å²) in [5.41, 5.74) is 2.10. The maximum atomic E-state index is 12.1. The van der Waals surface area contributed by atoms with E-state index in [9.17, 15) is 13.2 Å². The number of benzene rings is 1. The Balaban J connectivity index is 2.08. The fourth-order valence-electron chi connectivity index (χ4n) is 2.68. The summed E-state index contributed by atoms with van der Waals surface area (Å²) in [6.07, 6.45) is 2.50. The first-order chi connectivity index (χ1) is 10.4. The van der Waals surface area contributed by atoms with Crippen molar-refractivity contribution < 1.29 is 18.3 Å². The molecule has 0 aromatic heterocycles. The van der Waals surface area contributed by atoms with Crippen LogP contribution in [0.3, 0.4) is 0 Å². The lowest BCUT2D eigenvalue weighted by molar-refractivity contribution is -0.137. The van der Waals surface area contributed by atoms with Gasteiger partial charge in [0.05, 0.1) is 4.90 Å². The minimum atomic E-state index is -3.45. The molecule has 2 N–H and O–H groups in total.